The first-order chi connectivity index (χ1) is 12.3. The highest BCUT2D eigenvalue weighted by atomic mass is 32.2. The van der Waals surface area contributed by atoms with Gasteiger partial charge in [0.25, 0.3) is 0 Å². The standard InChI is InChI=1S/C19H32BNO4S/c1-4-8-17(13-15(2)22)19(3,23)11-12-26-21-18(20(24)25)14-16-9-6-5-7-10-16/h5-7,9-10,17-18,21,23-25H,4,8,11-14H2,1-3H3. The summed E-state index contributed by atoms with van der Waals surface area (Å²) < 4.78 is 3.09. The first kappa shape index (κ1) is 23.2. The van der Waals surface area contributed by atoms with E-state index in [4.69, 9.17) is 0 Å². The minimum Gasteiger partial charge on any atom is -0.426 e. The first-order valence-corrected chi connectivity index (χ1v) is 10.2. The molecule has 0 saturated carbocycles. The van der Waals surface area contributed by atoms with Crippen LogP contribution in [0.15, 0.2) is 30.3 Å². The van der Waals surface area contributed by atoms with Crippen LogP contribution in [0.3, 0.4) is 0 Å². The molecule has 1 aromatic carbocycles. The maximum Gasteiger partial charge on any atom is 0.470 e. The molecule has 5 nitrogen and oxygen atoms in total. The second-order valence-electron chi connectivity index (χ2n) is 7.18. The van der Waals surface area contributed by atoms with Gasteiger partial charge in [0.05, 0.1) is 11.5 Å². The Balaban J connectivity index is 2.49. The highest BCUT2D eigenvalue weighted by molar-refractivity contribution is 7.97. The molecular weight excluding hydrogens is 349 g/mol. The molecule has 1 rings (SSSR count). The molecule has 0 saturated heterocycles. The molecule has 0 aromatic heterocycles. The van der Waals surface area contributed by atoms with E-state index in [-0.39, 0.29) is 11.7 Å². The number of ketones is 1. The van der Waals surface area contributed by atoms with Crippen molar-refractivity contribution in [2.24, 2.45) is 5.92 Å². The summed E-state index contributed by atoms with van der Waals surface area (Å²) in [6, 6.07) is 9.66. The zero-order chi connectivity index (χ0) is 19.6. The Morgan fingerprint density at radius 2 is 1.96 bits per heavy atom. The van der Waals surface area contributed by atoms with Crippen LogP contribution >= 0.6 is 11.9 Å². The molecule has 1 aromatic rings. The fourth-order valence-corrected chi connectivity index (χ4v) is 4.08. The summed E-state index contributed by atoms with van der Waals surface area (Å²) in [5.74, 6) is 0.175. The lowest BCUT2D eigenvalue weighted by atomic mass is 9.77. The van der Waals surface area contributed by atoms with Crippen LogP contribution in [-0.4, -0.2) is 45.4 Å². The molecule has 0 spiro atoms. The third-order valence-corrected chi connectivity index (χ3v) is 5.53. The smallest absolute Gasteiger partial charge is 0.426 e. The Hall–Kier alpha value is -0.855. The molecule has 0 aliphatic heterocycles. The Labute approximate surface area is 161 Å². The predicted octanol–water partition coefficient (Wildman–Crippen LogP) is 2.38. The monoisotopic (exact) mass is 381 g/mol. The van der Waals surface area contributed by atoms with Gasteiger partial charge in [-0.1, -0.05) is 55.6 Å². The minimum atomic E-state index is -1.46. The topological polar surface area (TPSA) is 89.8 Å². The largest absolute Gasteiger partial charge is 0.470 e. The maximum atomic E-state index is 11.5. The quantitative estimate of drug-likeness (QED) is 0.238. The molecule has 0 fully saturated rings. The van der Waals surface area contributed by atoms with Crippen LogP contribution < -0.4 is 4.72 Å². The van der Waals surface area contributed by atoms with Gasteiger partial charge in [-0.2, -0.15) is 0 Å². The van der Waals surface area contributed by atoms with Crippen molar-refractivity contribution in [3.8, 4) is 0 Å². The van der Waals surface area contributed by atoms with Gasteiger partial charge in [0.15, 0.2) is 0 Å². The number of hydrogen-bond donors (Lipinski definition) is 4. The van der Waals surface area contributed by atoms with Crippen molar-refractivity contribution in [3.63, 3.8) is 0 Å². The van der Waals surface area contributed by atoms with E-state index in [0.717, 1.165) is 18.4 Å². The lowest BCUT2D eigenvalue weighted by Gasteiger charge is -2.32. The third-order valence-electron chi connectivity index (χ3n) is 4.65. The summed E-state index contributed by atoms with van der Waals surface area (Å²) in [4.78, 5) is 11.5. The van der Waals surface area contributed by atoms with E-state index in [2.05, 4.69) is 11.6 Å². The molecule has 0 heterocycles. The van der Waals surface area contributed by atoms with Crippen LogP contribution in [0, 0.1) is 5.92 Å². The van der Waals surface area contributed by atoms with E-state index in [0.29, 0.717) is 25.0 Å². The van der Waals surface area contributed by atoms with Gasteiger partial charge in [-0.15, -0.1) is 0 Å². The number of Topliss-reactive ketones (excluding diaryl/α,β-unsaturated/α-hetero) is 1. The van der Waals surface area contributed by atoms with Gasteiger partial charge in [-0.05, 0) is 44.6 Å². The van der Waals surface area contributed by atoms with Crippen LogP contribution in [0.25, 0.3) is 0 Å². The molecule has 26 heavy (non-hydrogen) atoms. The Bertz CT molecular complexity index is 528. The van der Waals surface area contributed by atoms with Gasteiger partial charge < -0.3 is 19.9 Å². The van der Waals surface area contributed by atoms with Crippen molar-refractivity contribution in [2.75, 3.05) is 5.75 Å². The summed E-state index contributed by atoms with van der Waals surface area (Å²) in [7, 11) is -1.46. The first-order valence-electron chi connectivity index (χ1n) is 9.25. The SMILES string of the molecule is CCCC(CC(C)=O)C(C)(O)CCSNC(Cc1ccccc1)B(O)O. The zero-order valence-electron chi connectivity index (χ0n) is 16.0. The van der Waals surface area contributed by atoms with Crippen molar-refractivity contribution in [1.29, 1.82) is 0 Å². The maximum absolute atomic E-state index is 11.5. The highest BCUT2D eigenvalue weighted by Gasteiger charge is 2.32. The summed E-state index contributed by atoms with van der Waals surface area (Å²) in [6.45, 7) is 5.40. The molecule has 0 amide bonds. The highest BCUT2D eigenvalue weighted by Crippen LogP contribution is 2.29. The average Bonchev–Trinajstić information content (AvgIpc) is 2.57. The molecule has 3 atom stereocenters. The number of benzene rings is 1. The Morgan fingerprint density at radius 3 is 2.50 bits per heavy atom. The van der Waals surface area contributed by atoms with E-state index in [1.54, 1.807) is 13.8 Å². The van der Waals surface area contributed by atoms with Gasteiger partial charge in [-0.3, -0.25) is 4.72 Å². The molecule has 0 aliphatic rings. The fraction of sp³-hybridized carbons (Fsp3) is 0.632. The van der Waals surface area contributed by atoms with Gasteiger partial charge in [0, 0.05) is 12.2 Å². The van der Waals surface area contributed by atoms with Crippen LogP contribution in [0.1, 0.15) is 52.0 Å². The van der Waals surface area contributed by atoms with Crippen LogP contribution in [0.4, 0.5) is 0 Å². The summed E-state index contributed by atoms with van der Waals surface area (Å²) >= 11 is 1.38. The molecule has 0 radical (unpaired) electrons. The van der Waals surface area contributed by atoms with Crippen LogP contribution in [-0.2, 0) is 11.2 Å². The van der Waals surface area contributed by atoms with Gasteiger partial charge in [-0.25, -0.2) is 0 Å². The molecule has 3 unspecified atom stereocenters. The van der Waals surface area contributed by atoms with Gasteiger partial charge in [0.1, 0.15) is 5.78 Å². The normalized spacial score (nSPS) is 15.9. The molecule has 146 valence electrons. The lowest BCUT2D eigenvalue weighted by Crippen LogP contribution is -2.42. The van der Waals surface area contributed by atoms with Crippen molar-refractivity contribution >= 4 is 24.8 Å². The molecule has 0 aliphatic carbocycles. The summed E-state index contributed by atoms with van der Waals surface area (Å²) in [5, 5.41) is 29.9. The second kappa shape index (κ2) is 11.8. The molecular formula is C19H32BNO4S. The van der Waals surface area contributed by atoms with Gasteiger partial charge >= 0.3 is 7.12 Å². The van der Waals surface area contributed by atoms with E-state index in [9.17, 15) is 19.9 Å². The van der Waals surface area contributed by atoms with Crippen LogP contribution in [0.2, 0.25) is 0 Å². The Morgan fingerprint density at radius 1 is 1.31 bits per heavy atom. The van der Waals surface area contributed by atoms with Crippen LogP contribution in [0.5, 0.6) is 0 Å². The van der Waals surface area contributed by atoms with Crippen molar-refractivity contribution in [2.45, 2.75) is 64.4 Å². The third kappa shape index (κ3) is 8.69. The number of hydrogen-bond acceptors (Lipinski definition) is 6. The van der Waals surface area contributed by atoms with Crippen molar-refractivity contribution in [1.82, 2.24) is 4.72 Å². The predicted molar refractivity (Wildman–Crippen MR) is 109 cm³/mol. The molecule has 7 heteroatoms. The fourth-order valence-electron chi connectivity index (χ4n) is 3.03. The lowest BCUT2D eigenvalue weighted by molar-refractivity contribution is -0.120. The molecule has 0 bridgehead atoms. The average molecular weight is 381 g/mol. The van der Waals surface area contributed by atoms with E-state index >= 15 is 0 Å². The number of carbonyl (C=O) groups excluding carboxylic acids is 1. The zero-order valence-corrected chi connectivity index (χ0v) is 16.8. The number of rotatable bonds is 13. The Kier molecular flexibility index (Phi) is 10.5. The van der Waals surface area contributed by atoms with Crippen molar-refractivity contribution in [3.05, 3.63) is 35.9 Å². The van der Waals surface area contributed by atoms with Crippen molar-refractivity contribution < 1.29 is 19.9 Å². The number of aliphatic hydroxyl groups is 1. The van der Waals surface area contributed by atoms with E-state index in [1.807, 2.05) is 30.3 Å². The summed E-state index contributed by atoms with van der Waals surface area (Å²) in [6.07, 6.45) is 3.17. The number of carbonyl (C=O) groups is 1. The second-order valence-corrected chi connectivity index (χ2v) is 8.11. The van der Waals surface area contributed by atoms with E-state index in [1.165, 1.54) is 11.9 Å². The summed E-state index contributed by atoms with van der Waals surface area (Å²) in [5.41, 5.74) is 0.110. The molecule has 4 N–H and O–H groups in total. The number of nitrogens with one attached hydrogen (secondary N) is 1. The van der Waals surface area contributed by atoms with Gasteiger partial charge in [0.2, 0.25) is 0 Å². The van der Waals surface area contributed by atoms with E-state index < -0.39 is 18.7 Å². The minimum absolute atomic E-state index is 0.0471.